The number of hydrogen-bond donors (Lipinski definition) is 0. The Labute approximate surface area is 284 Å². The Hall–Kier alpha value is -5.66. The maximum Gasteiger partial charge on any atom is 0.136 e. The van der Waals surface area contributed by atoms with E-state index in [0.29, 0.717) is 0 Å². The minimum Gasteiger partial charge on any atom is -0.456 e. The van der Waals surface area contributed by atoms with E-state index in [1.165, 1.54) is 0 Å². The fraction of sp³-hybridized carbons (Fsp3) is 0. The zero-order valence-electron chi connectivity index (χ0n) is 46.5. The Bertz CT molecular complexity index is 3800. The largest absolute Gasteiger partial charge is 0.456 e. The summed E-state index contributed by atoms with van der Waals surface area (Å²) < 4.78 is 229. The Kier molecular flexibility index (Phi) is 2.19. The van der Waals surface area contributed by atoms with Crippen LogP contribution in [-0.2, 0) is 0 Å². The summed E-state index contributed by atoms with van der Waals surface area (Å²) in [6, 6.07) is -20.4. The van der Waals surface area contributed by atoms with Crippen molar-refractivity contribution in [3.8, 4) is 33.4 Å². The minimum absolute atomic E-state index is 0.428. The molecule has 0 aliphatic rings. The van der Waals surface area contributed by atoms with Gasteiger partial charge in [0.15, 0.2) is 0 Å². The van der Waals surface area contributed by atoms with Crippen LogP contribution >= 0.6 is 0 Å². The standard InChI is InChI=1S/C42H26O/c1-2-12-27(13-3-1)31-16-6-7-17-32(31)42-35-20-10-8-18-33(35)41(34-19-9-11-21-36(34)42)30-22-23-39-37(25-30)38-24-28-14-4-5-15-29(28)26-40(38)43-39/h1-26H/i1D,2D,3D,4D,5D,6D,7D,8D,9D,10D,11D,12D,13D,14D,15D,17D,18D,19D,20D,21D,22D,23D,24D,25D,26D. The van der Waals surface area contributed by atoms with Crippen molar-refractivity contribution in [2.75, 3.05) is 0 Å². The van der Waals surface area contributed by atoms with E-state index in [1.54, 1.807) is 0 Å². The molecular formula is C42H26O. The first-order valence-corrected chi connectivity index (χ1v) is 12.7. The molecule has 8 aromatic carbocycles. The van der Waals surface area contributed by atoms with Crippen LogP contribution in [0.2, 0.25) is 0 Å². The number of hydrogen-bond acceptors (Lipinski definition) is 1. The van der Waals surface area contributed by atoms with E-state index in [9.17, 15) is 12.3 Å². The number of rotatable bonds is 3. The normalized spacial score (nSPS) is 19.9. The molecule has 43 heavy (non-hydrogen) atoms. The maximum atomic E-state index is 9.80. The molecule has 0 atom stereocenters. The van der Waals surface area contributed by atoms with Crippen LogP contribution < -0.4 is 0 Å². The fourth-order valence-corrected chi connectivity index (χ4v) is 5.24. The van der Waals surface area contributed by atoms with Crippen molar-refractivity contribution in [3.05, 3.63) is 157 Å². The first-order chi connectivity index (χ1) is 31.7. The third kappa shape index (κ3) is 3.72. The van der Waals surface area contributed by atoms with Gasteiger partial charge < -0.3 is 4.42 Å². The summed E-state index contributed by atoms with van der Waals surface area (Å²) in [5.74, 6) is 0. The van der Waals surface area contributed by atoms with E-state index in [2.05, 4.69) is 0 Å². The van der Waals surface area contributed by atoms with Gasteiger partial charge in [0.05, 0.1) is 34.3 Å². The average molecular weight is 572 g/mol. The lowest BCUT2D eigenvalue weighted by atomic mass is 9.83. The maximum absolute atomic E-state index is 9.80. The summed E-state index contributed by atoms with van der Waals surface area (Å²) >= 11 is 0. The first-order valence-electron chi connectivity index (χ1n) is 25.2. The predicted molar refractivity (Wildman–Crippen MR) is 183 cm³/mol. The van der Waals surface area contributed by atoms with Gasteiger partial charge in [0.25, 0.3) is 0 Å². The van der Waals surface area contributed by atoms with Crippen molar-refractivity contribution in [1.82, 2.24) is 0 Å². The smallest absolute Gasteiger partial charge is 0.136 e. The summed E-state index contributed by atoms with van der Waals surface area (Å²) in [5.41, 5.74) is -5.00. The Balaban J connectivity index is 1.62. The lowest BCUT2D eigenvalue weighted by molar-refractivity contribution is 0.669. The molecule has 0 N–H and O–H groups in total. The van der Waals surface area contributed by atoms with Crippen molar-refractivity contribution >= 4 is 54.3 Å². The van der Waals surface area contributed by atoms with Gasteiger partial charge in [-0.3, -0.25) is 0 Å². The molecular weight excluding hydrogens is 520 g/mol. The minimum atomic E-state index is -0.957. The second kappa shape index (κ2) is 9.44. The zero-order valence-corrected chi connectivity index (χ0v) is 21.5. The molecule has 0 saturated heterocycles. The van der Waals surface area contributed by atoms with Crippen LogP contribution in [0.4, 0.5) is 0 Å². The van der Waals surface area contributed by atoms with Gasteiger partial charge in [0, 0.05) is 10.8 Å². The predicted octanol–water partition coefficient (Wildman–Crippen LogP) is 12.0. The summed E-state index contributed by atoms with van der Waals surface area (Å²) in [7, 11) is 0. The van der Waals surface area contributed by atoms with Crippen molar-refractivity contribution < 1.29 is 38.7 Å². The topological polar surface area (TPSA) is 13.1 Å². The van der Waals surface area contributed by atoms with Gasteiger partial charge in [-0.1, -0.05) is 133 Å². The van der Waals surface area contributed by atoms with Crippen molar-refractivity contribution in [2.24, 2.45) is 0 Å². The van der Waals surface area contributed by atoms with E-state index >= 15 is 0 Å². The first kappa shape index (κ1) is 9.97. The number of benzene rings is 8. The third-order valence-corrected chi connectivity index (χ3v) is 7.03. The van der Waals surface area contributed by atoms with E-state index in [0.717, 1.165) is 6.07 Å². The molecule has 9 aromatic rings. The van der Waals surface area contributed by atoms with Crippen LogP contribution in [0.5, 0.6) is 0 Å². The Morgan fingerprint density at radius 2 is 0.953 bits per heavy atom. The van der Waals surface area contributed by atoms with Crippen LogP contribution in [0.1, 0.15) is 34.3 Å². The molecule has 0 fully saturated rings. The highest BCUT2D eigenvalue weighted by molar-refractivity contribution is 6.23. The molecule has 0 saturated carbocycles. The molecule has 200 valence electrons. The molecule has 9 rings (SSSR count). The van der Waals surface area contributed by atoms with Gasteiger partial charge in [-0.05, 0) is 89.9 Å². The molecule has 0 aliphatic heterocycles. The van der Waals surface area contributed by atoms with Crippen LogP contribution in [0, 0.1) is 0 Å². The lowest BCUT2D eigenvalue weighted by Gasteiger charge is -2.19. The van der Waals surface area contributed by atoms with Crippen molar-refractivity contribution in [2.45, 2.75) is 0 Å². The summed E-state index contributed by atoms with van der Waals surface area (Å²) in [5, 5.41) is -4.54. The molecule has 0 amide bonds. The average Bonchev–Trinajstić information content (AvgIpc) is 3.72. The lowest BCUT2D eigenvalue weighted by Crippen LogP contribution is -1.92. The molecule has 1 nitrogen and oxygen atoms in total. The van der Waals surface area contributed by atoms with Crippen LogP contribution in [0.3, 0.4) is 0 Å². The van der Waals surface area contributed by atoms with Gasteiger partial charge in [-0.2, -0.15) is 0 Å². The second-order valence-corrected chi connectivity index (χ2v) is 9.34. The zero-order chi connectivity index (χ0) is 50.1. The van der Waals surface area contributed by atoms with Gasteiger partial charge in [-0.15, -0.1) is 0 Å². The molecule has 1 heteroatoms. The number of fused-ring (bicyclic) bond motifs is 6. The molecule has 0 aliphatic carbocycles. The Morgan fingerprint density at radius 1 is 0.372 bits per heavy atom. The highest BCUT2D eigenvalue weighted by Gasteiger charge is 2.19. The SMILES string of the molecule is [2H]c1cc(-c2c([2H])c([2H])c([2H])c([2H])c2[2H])c(-c2c3c([2H])c([2H])c([2H])c([2H])c3c(-c3c([2H])c([2H])c4oc5c([2H])c6c([2H])c([2H])c([2H])c([2H])c6c([2H])c5c4c3[2H])c3c([2H])c([2H])c([2H])c([2H])c23)c([2H])c1[2H]. The molecule has 1 heterocycles. The van der Waals surface area contributed by atoms with E-state index < -0.39 is 239 Å². The van der Waals surface area contributed by atoms with E-state index in [-0.39, 0.29) is 0 Å². The Morgan fingerprint density at radius 3 is 1.67 bits per heavy atom. The van der Waals surface area contributed by atoms with Crippen molar-refractivity contribution in [1.29, 1.82) is 0 Å². The number of furan rings is 1. The quantitative estimate of drug-likeness (QED) is 0.192. The van der Waals surface area contributed by atoms with Crippen LogP contribution in [-0.4, -0.2) is 0 Å². The highest BCUT2D eigenvalue weighted by Crippen LogP contribution is 2.46. The second-order valence-electron chi connectivity index (χ2n) is 9.34. The van der Waals surface area contributed by atoms with Crippen molar-refractivity contribution in [3.63, 3.8) is 0 Å². The van der Waals surface area contributed by atoms with Gasteiger partial charge in [-0.25, -0.2) is 0 Å². The van der Waals surface area contributed by atoms with Gasteiger partial charge in [0.2, 0.25) is 0 Å². The molecule has 1 aromatic heterocycles. The van der Waals surface area contributed by atoms with Crippen LogP contribution in [0.15, 0.2) is 162 Å². The van der Waals surface area contributed by atoms with E-state index in [4.69, 9.17) is 26.3 Å². The monoisotopic (exact) mass is 571 g/mol. The van der Waals surface area contributed by atoms with Crippen LogP contribution in [0.25, 0.3) is 87.6 Å². The molecule has 0 radical (unpaired) electrons. The molecule has 0 unspecified atom stereocenters. The fourth-order valence-electron chi connectivity index (χ4n) is 5.24. The van der Waals surface area contributed by atoms with E-state index in [1.807, 2.05) is 0 Å². The summed E-state index contributed by atoms with van der Waals surface area (Å²) in [6.07, 6.45) is 0. The summed E-state index contributed by atoms with van der Waals surface area (Å²) in [6.45, 7) is 0. The summed E-state index contributed by atoms with van der Waals surface area (Å²) in [4.78, 5) is 0. The molecule has 0 bridgehead atoms. The van der Waals surface area contributed by atoms with Gasteiger partial charge >= 0.3 is 0 Å². The third-order valence-electron chi connectivity index (χ3n) is 7.03. The highest BCUT2D eigenvalue weighted by atomic mass is 16.3. The van der Waals surface area contributed by atoms with Gasteiger partial charge in [0.1, 0.15) is 11.2 Å². The molecule has 0 spiro atoms.